The van der Waals surface area contributed by atoms with Crippen molar-refractivity contribution in [2.75, 3.05) is 13.2 Å². The van der Waals surface area contributed by atoms with Crippen LogP contribution < -0.4 is 9.88 Å². The minimum Gasteiger partial charge on any atom is -0.507 e. The molecule has 2 rings (SSSR count). The molecular weight excluding hydrogens is 358 g/mol. The molecule has 0 radical (unpaired) electrons. The van der Waals surface area contributed by atoms with Crippen molar-refractivity contribution >= 4 is 27.6 Å². The zero-order valence-electron chi connectivity index (χ0n) is 12.3. The Labute approximate surface area is 143 Å². The van der Waals surface area contributed by atoms with Gasteiger partial charge in [-0.15, -0.1) is 0 Å². The molecule has 0 bridgehead atoms. The van der Waals surface area contributed by atoms with Crippen molar-refractivity contribution in [1.29, 1.82) is 0 Å². The summed E-state index contributed by atoms with van der Waals surface area (Å²) >= 11 is 5.68. The molecule has 0 aliphatic carbocycles. The summed E-state index contributed by atoms with van der Waals surface area (Å²) in [5.74, 6) is -0.586. The Hall–Kier alpha value is -2.29. The van der Waals surface area contributed by atoms with E-state index in [2.05, 4.69) is 0 Å². The fourth-order valence-electron chi connectivity index (χ4n) is 1.77. The van der Waals surface area contributed by atoms with Gasteiger partial charge in [-0.1, -0.05) is 11.6 Å². The molecule has 0 saturated carbocycles. The number of aromatic hydroxyl groups is 1. The summed E-state index contributed by atoms with van der Waals surface area (Å²) in [6.07, 6.45) is 0. The van der Waals surface area contributed by atoms with Gasteiger partial charge in [0.1, 0.15) is 30.3 Å². The van der Waals surface area contributed by atoms with Crippen LogP contribution in [0.3, 0.4) is 0 Å². The first kappa shape index (κ1) is 18.1. The van der Waals surface area contributed by atoms with Gasteiger partial charge in [-0.25, -0.2) is 18.4 Å². The van der Waals surface area contributed by atoms with E-state index in [4.69, 9.17) is 26.2 Å². The van der Waals surface area contributed by atoms with Crippen molar-refractivity contribution in [3.8, 4) is 11.5 Å². The van der Waals surface area contributed by atoms with Crippen LogP contribution in [0.5, 0.6) is 11.5 Å². The maximum absolute atomic E-state index is 11.8. The van der Waals surface area contributed by atoms with Crippen molar-refractivity contribution < 1.29 is 27.8 Å². The van der Waals surface area contributed by atoms with E-state index in [0.717, 1.165) is 0 Å². The summed E-state index contributed by atoms with van der Waals surface area (Å²) in [5, 5.41) is 14.9. The lowest BCUT2D eigenvalue weighted by atomic mass is 10.2. The smallest absolute Gasteiger partial charge is 0.342 e. The van der Waals surface area contributed by atoms with E-state index in [9.17, 15) is 18.3 Å². The standard InChI is InChI=1S/C15H14ClNO6S/c16-10-1-6-13(14(18)9-10)15(19)23-8-7-22-11-2-4-12(5-3-11)24(17,20)21/h1-6,9,18H,7-8H2,(H2,17,20,21). The first-order chi connectivity index (χ1) is 11.3. The Morgan fingerprint density at radius 1 is 1.12 bits per heavy atom. The van der Waals surface area contributed by atoms with Gasteiger partial charge in [-0.3, -0.25) is 0 Å². The molecular formula is C15H14ClNO6S. The van der Waals surface area contributed by atoms with E-state index >= 15 is 0 Å². The molecule has 3 N–H and O–H groups in total. The Morgan fingerprint density at radius 2 is 1.79 bits per heavy atom. The topological polar surface area (TPSA) is 116 Å². The molecule has 2 aromatic carbocycles. The van der Waals surface area contributed by atoms with E-state index in [1.165, 1.54) is 42.5 Å². The Balaban J connectivity index is 1.83. The second-order valence-electron chi connectivity index (χ2n) is 4.66. The molecule has 0 spiro atoms. The number of ether oxygens (including phenoxy) is 2. The van der Waals surface area contributed by atoms with Crippen molar-refractivity contribution in [2.45, 2.75) is 4.90 Å². The third-order valence-electron chi connectivity index (χ3n) is 2.92. The molecule has 0 unspecified atom stereocenters. The molecule has 0 aliphatic rings. The third kappa shape index (κ3) is 4.85. The Bertz CT molecular complexity index is 836. The van der Waals surface area contributed by atoms with Gasteiger partial charge in [0.05, 0.1) is 4.90 Å². The Morgan fingerprint density at radius 3 is 2.38 bits per heavy atom. The highest BCUT2D eigenvalue weighted by Crippen LogP contribution is 2.22. The summed E-state index contributed by atoms with van der Waals surface area (Å²) in [7, 11) is -3.75. The average Bonchev–Trinajstić information content (AvgIpc) is 2.51. The average molecular weight is 372 g/mol. The first-order valence-corrected chi connectivity index (χ1v) is 8.61. The number of phenolic OH excluding ortho intramolecular Hbond substituents is 1. The molecule has 0 amide bonds. The highest BCUT2D eigenvalue weighted by Gasteiger charge is 2.13. The van der Waals surface area contributed by atoms with Crippen LogP contribution in [-0.2, 0) is 14.8 Å². The predicted octanol–water partition coefficient (Wildman–Crippen LogP) is 1.93. The third-order valence-corrected chi connectivity index (χ3v) is 4.08. The zero-order chi connectivity index (χ0) is 17.7. The second-order valence-corrected chi connectivity index (χ2v) is 6.66. The van der Waals surface area contributed by atoms with E-state index in [1.54, 1.807) is 0 Å². The number of esters is 1. The molecule has 0 aromatic heterocycles. The normalized spacial score (nSPS) is 11.1. The number of halogens is 1. The summed E-state index contributed by atoms with van der Waals surface area (Å²) in [4.78, 5) is 11.8. The number of sulfonamides is 1. The van der Waals surface area contributed by atoms with Gasteiger partial charge in [0.2, 0.25) is 10.0 Å². The largest absolute Gasteiger partial charge is 0.507 e. The minimum atomic E-state index is -3.75. The number of nitrogens with two attached hydrogens (primary N) is 1. The molecule has 0 fully saturated rings. The summed E-state index contributed by atoms with van der Waals surface area (Å²) in [6.45, 7) is -0.00729. The predicted molar refractivity (Wildman–Crippen MR) is 86.7 cm³/mol. The molecule has 9 heteroatoms. The molecule has 2 aromatic rings. The minimum absolute atomic E-state index is 0.00287. The van der Waals surface area contributed by atoms with Gasteiger partial charge in [-0.2, -0.15) is 0 Å². The molecule has 0 aliphatic heterocycles. The lowest BCUT2D eigenvalue weighted by Crippen LogP contribution is -2.13. The molecule has 24 heavy (non-hydrogen) atoms. The van der Waals surface area contributed by atoms with Gasteiger partial charge in [0.15, 0.2) is 0 Å². The van der Waals surface area contributed by atoms with Crippen molar-refractivity contribution in [3.63, 3.8) is 0 Å². The number of primary sulfonamides is 1. The summed E-state index contributed by atoms with van der Waals surface area (Å²) in [6, 6.07) is 9.54. The number of carbonyl (C=O) groups excluding carboxylic acids is 1. The van der Waals surface area contributed by atoms with Gasteiger partial charge in [0.25, 0.3) is 0 Å². The fourth-order valence-corrected chi connectivity index (χ4v) is 2.46. The maximum atomic E-state index is 11.8. The first-order valence-electron chi connectivity index (χ1n) is 6.68. The molecule has 0 saturated heterocycles. The van der Waals surface area contributed by atoms with Crippen molar-refractivity contribution in [2.24, 2.45) is 5.14 Å². The van der Waals surface area contributed by atoms with Gasteiger partial charge in [-0.05, 0) is 42.5 Å². The maximum Gasteiger partial charge on any atom is 0.342 e. The lowest BCUT2D eigenvalue weighted by molar-refractivity contribution is 0.0447. The molecule has 7 nitrogen and oxygen atoms in total. The van der Waals surface area contributed by atoms with Crippen LogP contribution in [0.2, 0.25) is 5.02 Å². The van der Waals surface area contributed by atoms with Crippen LogP contribution in [0.15, 0.2) is 47.4 Å². The van der Waals surface area contributed by atoms with Gasteiger partial charge < -0.3 is 14.6 Å². The van der Waals surface area contributed by atoms with Gasteiger partial charge >= 0.3 is 5.97 Å². The van der Waals surface area contributed by atoms with Crippen LogP contribution in [0, 0.1) is 0 Å². The molecule has 0 atom stereocenters. The molecule has 128 valence electrons. The number of rotatable bonds is 6. The highest BCUT2D eigenvalue weighted by atomic mass is 35.5. The van der Waals surface area contributed by atoms with Crippen LogP contribution in [0.25, 0.3) is 0 Å². The van der Waals surface area contributed by atoms with Crippen molar-refractivity contribution in [1.82, 2.24) is 0 Å². The van der Waals surface area contributed by atoms with Crippen LogP contribution in [0.1, 0.15) is 10.4 Å². The molecule has 0 heterocycles. The highest BCUT2D eigenvalue weighted by molar-refractivity contribution is 7.89. The second kappa shape index (κ2) is 7.52. The van der Waals surface area contributed by atoms with E-state index in [-0.39, 0.29) is 29.4 Å². The van der Waals surface area contributed by atoms with E-state index < -0.39 is 16.0 Å². The van der Waals surface area contributed by atoms with Gasteiger partial charge in [0, 0.05) is 5.02 Å². The van der Waals surface area contributed by atoms with E-state index in [0.29, 0.717) is 10.8 Å². The van der Waals surface area contributed by atoms with Crippen LogP contribution in [-0.4, -0.2) is 32.7 Å². The number of carbonyl (C=O) groups is 1. The quantitative estimate of drug-likeness (QED) is 0.592. The van der Waals surface area contributed by atoms with E-state index in [1.807, 2.05) is 0 Å². The van der Waals surface area contributed by atoms with Crippen molar-refractivity contribution in [3.05, 3.63) is 53.1 Å². The number of benzene rings is 2. The lowest BCUT2D eigenvalue weighted by Gasteiger charge is -2.09. The monoisotopic (exact) mass is 371 g/mol. The Kier molecular flexibility index (Phi) is 5.66. The van der Waals surface area contributed by atoms with Crippen LogP contribution in [0.4, 0.5) is 0 Å². The SMILES string of the molecule is NS(=O)(=O)c1ccc(OCCOC(=O)c2ccc(Cl)cc2O)cc1. The van der Waals surface area contributed by atoms with Crippen LogP contribution >= 0.6 is 11.6 Å². The summed E-state index contributed by atoms with van der Waals surface area (Å²) in [5.41, 5.74) is -0.00287. The summed E-state index contributed by atoms with van der Waals surface area (Å²) < 4.78 is 32.5. The number of hydrogen-bond donors (Lipinski definition) is 2. The fraction of sp³-hybridized carbons (Fsp3) is 0.133. The number of hydrogen-bond acceptors (Lipinski definition) is 6. The zero-order valence-corrected chi connectivity index (χ0v) is 13.9. The number of phenols is 1.